The molecule has 0 saturated heterocycles. The van der Waals surface area contributed by atoms with Gasteiger partial charge >= 0.3 is 11.9 Å². The number of benzene rings is 2. The molecule has 6 nitrogen and oxygen atoms in total. The quantitative estimate of drug-likeness (QED) is 0.766. The molecule has 1 atom stereocenters. The second-order valence-corrected chi connectivity index (χ2v) is 7.14. The number of hydrogen-bond acceptors (Lipinski definition) is 4. The Labute approximate surface area is 169 Å². The first-order valence-electron chi connectivity index (χ1n) is 8.81. The fourth-order valence-corrected chi connectivity index (χ4v) is 3.11. The molecule has 0 spiro atoms. The summed E-state index contributed by atoms with van der Waals surface area (Å²) in [6.07, 6.45) is 2.10. The maximum atomic E-state index is 9.10. The fourth-order valence-electron chi connectivity index (χ4n) is 2.92. The van der Waals surface area contributed by atoms with Gasteiger partial charge in [-0.25, -0.2) is 9.59 Å². The van der Waals surface area contributed by atoms with Gasteiger partial charge in [-0.05, 0) is 51.2 Å². The number of halogens is 1. The Morgan fingerprint density at radius 2 is 1.79 bits per heavy atom. The minimum atomic E-state index is -1.82. The summed E-state index contributed by atoms with van der Waals surface area (Å²) < 4.78 is 0. The van der Waals surface area contributed by atoms with Crippen LogP contribution in [0.3, 0.4) is 0 Å². The van der Waals surface area contributed by atoms with E-state index in [1.165, 1.54) is 11.1 Å². The van der Waals surface area contributed by atoms with Gasteiger partial charge in [0.25, 0.3) is 0 Å². The summed E-state index contributed by atoms with van der Waals surface area (Å²) in [5.41, 5.74) is 4.81. The van der Waals surface area contributed by atoms with Crippen molar-refractivity contribution in [2.24, 2.45) is 4.99 Å². The molecule has 2 aromatic rings. The van der Waals surface area contributed by atoms with Gasteiger partial charge in [-0.2, -0.15) is 0 Å². The molecule has 2 aromatic carbocycles. The maximum Gasteiger partial charge on any atom is 0.414 e. The zero-order chi connectivity index (χ0) is 20.7. The van der Waals surface area contributed by atoms with Gasteiger partial charge in [-0.1, -0.05) is 48.0 Å². The van der Waals surface area contributed by atoms with Crippen molar-refractivity contribution in [3.63, 3.8) is 0 Å². The molecular formula is C21H23ClN2O4. The number of aliphatic imine (C=N–C) groups is 1. The van der Waals surface area contributed by atoms with E-state index in [0.717, 1.165) is 35.7 Å². The highest BCUT2D eigenvalue weighted by Crippen LogP contribution is 2.26. The number of rotatable bonds is 4. The van der Waals surface area contributed by atoms with Crippen molar-refractivity contribution >= 4 is 29.3 Å². The molecule has 1 unspecified atom stereocenters. The van der Waals surface area contributed by atoms with Gasteiger partial charge in [0.1, 0.15) is 0 Å². The number of carbonyl (C=O) groups is 2. The molecule has 1 aliphatic rings. The van der Waals surface area contributed by atoms with Crippen LogP contribution in [0.2, 0.25) is 5.02 Å². The van der Waals surface area contributed by atoms with E-state index in [4.69, 9.17) is 36.4 Å². The molecular weight excluding hydrogens is 380 g/mol. The van der Waals surface area contributed by atoms with Gasteiger partial charge in [-0.15, -0.1) is 0 Å². The van der Waals surface area contributed by atoms with Crippen LogP contribution in [0, 0.1) is 0 Å². The summed E-state index contributed by atoms with van der Waals surface area (Å²) in [6, 6.07) is 16.9. The lowest BCUT2D eigenvalue weighted by atomic mass is 9.89. The van der Waals surface area contributed by atoms with Crippen LogP contribution < -0.4 is 0 Å². The molecule has 2 N–H and O–H groups in total. The van der Waals surface area contributed by atoms with Crippen LogP contribution in [-0.2, 0) is 16.0 Å². The summed E-state index contributed by atoms with van der Waals surface area (Å²) in [4.78, 5) is 25.5. The number of aliphatic carboxylic acids is 2. The van der Waals surface area contributed by atoms with E-state index in [2.05, 4.69) is 49.3 Å². The van der Waals surface area contributed by atoms with Crippen molar-refractivity contribution in [2.45, 2.75) is 18.9 Å². The maximum absolute atomic E-state index is 9.10. The average Bonchev–Trinajstić information content (AvgIpc) is 2.66. The lowest BCUT2D eigenvalue weighted by molar-refractivity contribution is -0.159. The van der Waals surface area contributed by atoms with Gasteiger partial charge in [0.05, 0.1) is 11.8 Å². The zero-order valence-electron chi connectivity index (χ0n) is 15.8. The van der Waals surface area contributed by atoms with Gasteiger partial charge in [0.2, 0.25) is 0 Å². The summed E-state index contributed by atoms with van der Waals surface area (Å²) >= 11 is 6.17. The summed E-state index contributed by atoms with van der Waals surface area (Å²) in [6.45, 7) is 1.05. The largest absolute Gasteiger partial charge is 0.473 e. The number of nitrogens with zero attached hydrogens (tertiary/aromatic N) is 2. The van der Waals surface area contributed by atoms with Crippen LogP contribution in [-0.4, -0.2) is 59.4 Å². The number of fused-ring (bicyclic) bond motifs is 1. The number of hydrogen-bond donors (Lipinski definition) is 2. The molecule has 0 aromatic heterocycles. The predicted octanol–water partition coefficient (Wildman–Crippen LogP) is 3.21. The molecule has 148 valence electrons. The zero-order valence-corrected chi connectivity index (χ0v) is 16.6. The summed E-state index contributed by atoms with van der Waals surface area (Å²) in [5.74, 6) is -3.65. The molecule has 0 aliphatic carbocycles. The molecule has 0 saturated carbocycles. The van der Waals surface area contributed by atoms with Gasteiger partial charge in [0.15, 0.2) is 0 Å². The van der Waals surface area contributed by atoms with Crippen LogP contribution in [0.1, 0.15) is 23.1 Å². The third-order valence-electron chi connectivity index (χ3n) is 4.23. The van der Waals surface area contributed by atoms with E-state index in [9.17, 15) is 0 Å². The smallest absolute Gasteiger partial charge is 0.414 e. The predicted molar refractivity (Wildman–Crippen MR) is 109 cm³/mol. The van der Waals surface area contributed by atoms with Crippen LogP contribution in [0.15, 0.2) is 53.5 Å². The van der Waals surface area contributed by atoms with Crippen LogP contribution in [0.4, 0.5) is 0 Å². The minimum absolute atomic E-state index is 0.339. The molecule has 7 heteroatoms. The van der Waals surface area contributed by atoms with Gasteiger partial charge in [-0.3, -0.25) is 4.99 Å². The normalized spacial score (nSPS) is 15.1. The second-order valence-electron chi connectivity index (χ2n) is 6.71. The van der Waals surface area contributed by atoms with Crippen molar-refractivity contribution in [3.05, 3.63) is 70.2 Å². The first-order chi connectivity index (χ1) is 13.3. The van der Waals surface area contributed by atoms with Crippen molar-refractivity contribution < 1.29 is 19.8 Å². The Hall–Kier alpha value is -2.70. The molecule has 1 aliphatic heterocycles. The lowest BCUT2D eigenvalue weighted by Gasteiger charge is -2.25. The topological polar surface area (TPSA) is 90.2 Å². The Morgan fingerprint density at radius 3 is 2.39 bits per heavy atom. The standard InChI is InChI=1S/C19H21ClN2.C2H2O4/c1-22(2)11-10-17-13-14-6-3-4-9-18(14)19(21-17)15-7-5-8-16(20)12-15;3-1(4)2(5)6/h3-9,12,17H,10-11,13H2,1-2H3;(H,3,4)(H,5,6). The van der Waals surface area contributed by atoms with Crippen molar-refractivity contribution in [1.82, 2.24) is 4.90 Å². The first-order valence-corrected chi connectivity index (χ1v) is 9.18. The van der Waals surface area contributed by atoms with E-state index in [1.54, 1.807) is 0 Å². The van der Waals surface area contributed by atoms with Gasteiger partial charge < -0.3 is 15.1 Å². The molecule has 0 fully saturated rings. The number of carboxylic acids is 2. The monoisotopic (exact) mass is 402 g/mol. The molecule has 0 radical (unpaired) electrons. The highest BCUT2D eigenvalue weighted by Gasteiger charge is 2.21. The Kier molecular flexibility index (Phi) is 7.72. The highest BCUT2D eigenvalue weighted by molar-refractivity contribution is 6.31. The molecule has 0 amide bonds. The SMILES string of the molecule is CN(C)CCC1Cc2ccccc2C(c2cccc(Cl)c2)=N1.O=C(O)C(=O)O. The van der Waals surface area contributed by atoms with Crippen LogP contribution >= 0.6 is 11.6 Å². The second kappa shape index (κ2) is 10.0. The Morgan fingerprint density at radius 1 is 1.11 bits per heavy atom. The molecule has 1 heterocycles. The van der Waals surface area contributed by atoms with E-state index in [0.29, 0.717) is 6.04 Å². The van der Waals surface area contributed by atoms with Gasteiger partial charge in [0, 0.05) is 16.1 Å². The van der Waals surface area contributed by atoms with Crippen molar-refractivity contribution in [2.75, 3.05) is 20.6 Å². The summed E-state index contributed by atoms with van der Waals surface area (Å²) in [7, 11) is 4.22. The van der Waals surface area contributed by atoms with E-state index >= 15 is 0 Å². The summed E-state index contributed by atoms with van der Waals surface area (Å²) in [5, 5.41) is 15.5. The Balaban J connectivity index is 0.000000409. The van der Waals surface area contributed by atoms with E-state index in [-0.39, 0.29) is 0 Å². The molecule has 0 bridgehead atoms. The fraction of sp³-hybridized carbons (Fsp3) is 0.286. The lowest BCUT2D eigenvalue weighted by Crippen LogP contribution is -2.25. The van der Waals surface area contributed by atoms with Crippen molar-refractivity contribution in [3.8, 4) is 0 Å². The Bertz CT molecular complexity index is 868. The highest BCUT2D eigenvalue weighted by atomic mass is 35.5. The number of carboxylic acid groups (broad SMARTS) is 2. The van der Waals surface area contributed by atoms with E-state index < -0.39 is 11.9 Å². The third kappa shape index (κ3) is 6.18. The minimum Gasteiger partial charge on any atom is -0.473 e. The average molecular weight is 403 g/mol. The van der Waals surface area contributed by atoms with E-state index in [1.807, 2.05) is 18.2 Å². The van der Waals surface area contributed by atoms with Crippen molar-refractivity contribution in [1.29, 1.82) is 0 Å². The third-order valence-corrected chi connectivity index (χ3v) is 4.47. The van der Waals surface area contributed by atoms with Crippen LogP contribution in [0.25, 0.3) is 0 Å². The first kappa shape index (κ1) is 21.6. The molecule has 3 rings (SSSR count). The van der Waals surface area contributed by atoms with Crippen LogP contribution in [0.5, 0.6) is 0 Å². The molecule has 28 heavy (non-hydrogen) atoms.